The van der Waals surface area contributed by atoms with Crippen LogP contribution >= 0.6 is 12.4 Å². The number of likely N-dealkylation sites (tertiary alicyclic amines) is 1. The van der Waals surface area contributed by atoms with Crippen molar-refractivity contribution in [1.82, 2.24) is 10.2 Å². The molecule has 1 rings (SSSR count). The minimum Gasteiger partial charge on any atom is -0.338 e. The van der Waals surface area contributed by atoms with Gasteiger partial charge in [-0.2, -0.15) is 0 Å². The van der Waals surface area contributed by atoms with E-state index in [4.69, 9.17) is 0 Å². The Bertz CT molecular complexity index is 263. The standard InChI is InChI=1S/C14H28N2O.ClH/c1-11(14(2,3)4)9-13(17)16-8-6-7-12(16)10-15-5;/h11-12,15H,6-10H2,1-5H3;1H. The lowest BCUT2D eigenvalue weighted by atomic mass is 9.80. The van der Waals surface area contributed by atoms with Crippen LogP contribution in [0, 0.1) is 11.3 Å². The minimum atomic E-state index is 0. The minimum absolute atomic E-state index is 0. The number of carbonyl (C=O) groups excluding carboxylic acids is 1. The van der Waals surface area contributed by atoms with Crippen LogP contribution in [0.5, 0.6) is 0 Å². The van der Waals surface area contributed by atoms with Gasteiger partial charge in [0.15, 0.2) is 0 Å². The molecule has 0 bridgehead atoms. The molecule has 0 saturated carbocycles. The molecule has 0 radical (unpaired) electrons. The predicted molar refractivity (Wildman–Crippen MR) is 79.1 cm³/mol. The van der Waals surface area contributed by atoms with Gasteiger partial charge >= 0.3 is 0 Å². The Morgan fingerprint density at radius 1 is 1.44 bits per heavy atom. The van der Waals surface area contributed by atoms with Gasteiger partial charge < -0.3 is 10.2 Å². The normalized spacial score (nSPS) is 21.6. The molecule has 1 heterocycles. The van der Waals surface area contributed by atoms with Crippen molar-refractivity contribution < 1.29 is 4.79 Å². The van der Waals surface area contributed by atoms with E-state index in [1.165, 1.54) is 0 Å². The van der Waals surface area contributed by atoms with E-state index >= 15 is 0 Å². The number of rotatable bonds is 4. The topological polar surface area (TPSA) is 32.3 Å². The Morgan fingerprint density at radius 3 is 2.56 bits per heavy atom. The fourth-order valence-corrected chi connectivity index (χ4v) is 2.30. The maximum Gasteiger partial charge on any atom is 0.223 e. The summed E-state index contributed by atoms with van der Waals surface area (Å²) >= 11 is 0. The predicted octanol–water partition coefficient (Wildman–Crippen LogP) is 2.69. The van der Waals surface area contributed by atoms with E-state index in [9.17, 15) is 4.79 Å². The average molecular weight is 277 g/mol. The molecule has 0 aromatic carbocycles. The summed E-state index contributed by atoms with van der Waals surface area (Å²) in [5.41, 5.74) is 0.216. The van der Waals surface area contributed by atoms with Crippen LogP contribution in [-0.4, -0.2) is 37.0 Å². The SMILES string of the molecule is CNCC1CCCN1C(=O)CC(C)C(C)(C)C.Cl. The molecule has 3 nitrogen and oxygen atoms in total. The van der Waals surface area contributed by atoms with Crippen LogP contribution in [0.3, 0.4) is 0 Å². The Hall–Kier alpha value is -0.280. The van der Waals surface area contributed by atoms with Crippen molar-refractivity contribution in [2.24, 2.45) is 11.3 Å². The van der Waals surface area contributed by atoms with Crippen LogP contribution in [-0.2, 0) is 4.79 Å². The van der Waals surface area contributed by atoms with Gasteiger partial charge in [0.2, 0.25) is 5.91 Å². The quantitative estimate of drug-likeness (QED) is 0.856. The molecule has 1 aliphatic rings. The Morgan fingerprint density at radius 2 is 2.06 bits per heavy atom. The molecule has 1 fully saturated rings. The third-order valence-electron chi connectivity index (χ3n) is 4.10. The second-order valence-electron chi connectivity index (χ2n) is 6.41. The number of hydrogen-bond donors (Lipinski definition) is 1. The molecule has 1 aliphatic heterocycles. The molecule has 0 aliphatic carbocycles. The highest BCUT2D eigenvalue weighted by molar-refractivity contribution is 5.85. The number of halogens is 1. The lowest BCUT2D eigenvalue weighted by Crippen LogP contribution is -2.42. The summed E-state index contributed by atoms with van der Waals surface area (Å²) < 4.78 is 0. The first-order valence-corrected chi connectivity index (χ1v) is 6.80. The van der Waals surface area contributed by atoms with Crippen molar-refractivity contribution in [1.29, 1.82) is 0 Å². The van der Waals surface area contributed by atoms with Crippen LogP contribution < -0.4 is 5.32 Å². The highest BCUT2D eigenvalue weighted by Crippen LogP contribution is 2.29. The molecule has 0 spiro atoms. The molecule has 0 aromatic heterocycles. The van der Waals surface area contributed by atoms with Gasteiger partial charge in [-0.3, -0.25) is 4.79 Å². The summed E-state index contributed by atoms with van der Waals surface area (Å²) in [6.07, 6.45) is 2.99. The van der Waals surface area contributed by atoms with Crippen LogP contribution in [0.2, 0.25) is 0 Å². The number of hydrogen-bond acceptors (Lipinski definition) is 2. The summed E-state index contributed by atoms with van der Waals surface area (Å²) in [7, 11) is 1.96. The van der Waals surface area contributed by atoms with Crippen molar-refractivity contribution in [3.05, 3.63) is 0 Å². The van der Waals surface area contributed by atoms with Crippen molar-refractivity contribution >= 4 is 18.3 Å². The number of nitrogens with zero attached hydrogens (tertiary/aromatic N) is 1. The molecule has 2 unspecified atom stereocenters. The van der Waals surface area contributed by atoms with E-state index in [1.54, 1.807) is 0 Å². The van der Waals surface area contributed by atoms with E-state index in [0.29, 0.717) is 24.3 Å². The van der Waals surface area contributed by atoms with Crippen LogP contribution in [0.15, 0.2) is 0 Å². The van der Waals surface area contributed by atoms with E-state index < -0.39 is 0 Å². The highest BCUT2D eigenvalue weighted by atomic mass is 35.5. The first kappa shape index (κ1) is 17.7. The number of carbonyl (C=O) groups is 1. The van der Waals surface area contributed by atoms with E-state index in [-0.39, 0.29) is 17.8 Å². The Kier molecular flexibility index (Phi) is 7.23. The lowest BCUT2D eigenvalue weighted by Gasteiger charge is -2.30. The zero-order valence-corrected chi connectivity index (χ0v) is 13.3. The maximum absolute atomic E-state index is 12.3. The first-order chi connectivity index (χ1) is 7.86. The molecular formula is C14H29ClN2O. The smallest absolute Gasteiger partial charge is 0.223 e. The van der Waals surface area contributed by atoms with Crippen LogP contribution in [0.25, 0.3) is 0 Å². The van der Waals surface area contributed by atoms with Gasteiger partial charge in [0.05, 0.1) is 0 Å². The molecule has 0 aromatic rings. The van der Waals surface area contributed by atoms with E-state index in [2.05, 4.69) is 37.9 Å². The summed E-state index contributed by atoms with van der Waals surface area (Å²) in [5.74, 6) is 0.774. The van der Waals surface area contributed by atoms with Gasteiger partial charge in [0.1, 0.15) is 0 Å². The number of amides is 1. The van der Waals surface area contributed by atoms with Gasteiger partial charge in [-0.05, 0) is 31.2 Å². The monoisotopic (exact) mass is 276 g/mol. The zero-order valence-electron chi connectivity index (χ0n) is 12.5. The van der Waals surface area contributed by atoms with Crippen molar-refractivity contribution in [2.45, 2.75) is 53.0 Å². The van der Waals surface area contributed by atoms with Gasteiger partial charge in [-0.25, -0.2) is 0 Å². The number of nitrogens with one attached hydrogen (secondary N) is 1. The molecule has 1 N–H and O–H groups in total. The maximum atomic E-state index is 12.3. The van der Waals surface area contributed by atoms with Crippen LogP contribution in [0.1, 0.15) is 47.0 Å². The van der Waals surface area contributed by atoms with Crippen LogP contribution in [0.4, 0.5) is 0 Å². The van der Waals surface area contributed by atoms with E-state index in [0.717, 1.165) is 25.9 Å². The summed E-state index contributed by atoms with van der Waals surface area (Å²) in [6.45, 7) is 10.7. The Labute approximate surface area is 118 Å². The van der Waals surface area contributed by atoms with E-state index in [1.807, 2.05) is 7.05 Å². The molecule has 18 heavy (non-hydrogen) atoms. The highest BCUT2D eigenvalue weighted by Gasteiger charge is 2.31. The molecule has 108 valence electrons. The van der Waals surface area contributed by atoms with Gasteiger partial charge in [0, 0.05) is 25.6 Å². The second kappa shape index (κ2) is 7.34. The van der Waals surface area contributed by atoms with Gasteiger partial charge in [-0.1, -0.05) is 27.7 Å². The summed E-state index contributed by atoms with van der Waals surface area (Å²) in [5, 5.41) is 3.18. The molecule has 2 atom stereocenters. The Balaban J connectivity index is 0.00000289. The third kappa shape index (κ3) is 4.77. The third-order valence-corrected chi connectivity index (χ3v) is 4.10. The van der Waals surface area contributed by atoms with Crippen molar-refractivity contribution in [3.63, 3.8) is 0 Å². The summed E-state index contributed by atoms with van der Waals surface area (Å²) in [6, 6.07) is 0.416. The van der Waals surface area contributed by atoms with Crippen molar-refractivity contribution in [3.8, 4) is 0 Å². The molecule has 4 heteroatoms. The van der Waals surface area contributed by atoms with Gasteiger partial charge in [0.25, 0.3) is 0 Å². The first-order valence-electron chi connectivity index (χ1n) is 6.80. The largest absolute Gasteiger partial charge is 0.338 e. The zero-order chi connectivity index (χ0) is 13.1. The number of likely N-dealkylation sites (N-methyl/N-ethyl adjacent to an activating group) is 1. The molecular weight excluding hydrogens is 248 g/mol. The molecule has 1 saturated heterocycles. The summed E-state index contributed by atoms with van der Waals surface area (Å²) in [4.78, 5) is 14.4. The lowest BCUT2D eigenvalue weighted by molar-refractivity contribution is -0.133. The second-order valence-corrected chi connectivity index (χ2v) is 6.41. The molecule has 1 amide bonds. The van der Waals surface area contributed by atoms with Crippen molar-refractivity contribution in [2.75, 3.05) is 20.1 Å². The fourth-order valence-electron chi connectivity index (χ4n) is 2.30. The fraction of sp³-hybridized carbons (Fsp3) is 0.929. The van der Waals surface area contributed by atoms with Gasteiger partial charge in [-0.15, -0.1) is 12.4 Å². The average Bonchev–Trinajstić information content (AvgIpc) is 2.65.